The number of halogens is 1. The van der Waals surface area contributed by atoms with Crippen LogP contribution in [0.4, 0.5) is 10.1 Å². The highest BCUT2D eigenvalue weighted by Gasteiger charge is 2.43. The summed E-state index contributed by atoms with van der Waals surface area (Å²) in [6.45, 7) is 0. The fourth-order valence-corrected chi connectivity index (χ4v) is 4.59. The number of nitrogens with zero attached hydrogens (tertiary/aromatic N) is 3. The van der Waals surface area contributed by atoms with Crippen LogP contribution in [0.2, 0.25) is 0 Å². The number of allylic oxidation sites excluding steroid dienone is 1. The van der Waals surface area contributed by atoms with Gasteiger partial charge in [0.2, 0.25) is 5.89 Å². The van der Waals surface area contributed by atoms with E-state index in [0.717, 1.165) is 20.3 Å². The Morgan fingerprint density at radius 1 is 1.03 bits per heavy atom. The number of ether oxygens (including phenoxy) is 2. The predicted molar refractivity (Wildman–Crippen MR) is 139 cm³/mol. The van der Waals surface area contributed by atoms with Crippen LogP contribution in [-0.2, 0) is 19.1 Å². The van der Waals surface area contributed by atoms with Crippen molar-refractivity contribution in [2.45, 2.75) is 5.92 Å². The van der Waals surface area contributed by atoms with Gasteiger partial charge in [-0.1, -0.05) is 42.5 Å². The summed E-state index contributed by atoms with van der Waals surface area (Å²) in [6, 6.07) is 21.5. The molecule has 0 saturated carbocycles. The van der Waals surface area contributed by atoms with Crippen LogP contribution in [0.3, 0.4) is 0 Å². The summed E-state index contributed by atoms with van der Waals surface area (Å²) >= 11 is 0. The Bertz CT molecular complexity index is 1690. The van der Waals surface area contributed by atoms with Gasteiger partial charge in [-0.05, 0) is 35.9 Å². The molecule has 3 aromatic carbocycles. The highest BCUT2D eigenvalue weighted by molar-refractivity contribution is 6.06. The Kier molecular flexibility index (Phi) is 6.56. The van der Waals surface area contributed by atoms with Gasteiger partial charge in [-0.2, -0.15) is 5.26 Å². The zero-order valence-corrected chi connectivity index (χ0v) is 20.8. The number of hydrogen-bond acceptors (Lipinski definition) is 9. The molecule has 10 heteroatoms. The van der Waals surface area contributed by atoms with Crippen molar-refractivity contribution < 1.29 is 27.9 Å². The molecule has 1 aromatic heterocycles. The first kappa shape index (κ1) is 25.2. The highest BCUT2D eigenvalue weighted by Crippen LogP contribution is 2.44. The van der Waals surface area contributed by atoms with Crippen molar-refractivity contribution in [3.63, 3.8) is 0 Å². The normalized spacial score (nSPS) is 15.3. The Labute approximate surface area is 222 Å². The number of anilines is 1. The third-order valence-electron chi connectivity index (χ3n) is 6.34. The second kappa shape index (κ2) is 10.1. The number of fused-ring (bicyclic) bond motifs is 1. The number of methoxy groups -OCH3 is 2. The van der Waals surface area contributed by atoms with E-state index in [1.54, 1.807) is 54.6 Å². The molecule has 0 saturated heterocycles. The number of carbonyl (C=O) groups excluding carboxylic acids is 2. The molecule has 1 atom stereocenters. The summed E-state index contributed by atoms with van der Waals surface area (Å²) in [7, 11) is 2.31. The van der Waals surface area contributed by atoms with Gasteiger partial charge in [0.05, 0.1) is 42.9 Å². The summed E-state index contributed by atoms with van der Waals surface area (Å²) in [5, 5.41) is 10.2. The van der Waals surface area contributed by atoms with E-state index < -0.39 is 23.7 Å². The fraction of sp³-hybridized carbons (Fsp3) is 0.103. The number of hydrogen-bond donors (Lipinski definition) is 1. The molecule has 0 radical (unpaired) electrons. The molecule has 0 spiro atoms. The minimum Gasteiger partial charge on any atom is -0.466 e. The predicted octanol–water partition coefficient (Wildman–Crippen LogP) is 4.53. The van der Waals surface area contributed by atoms with E-state index in [1.165, 1.54) is 17.0 Å². The molecule has 2 N–H and O–H groups in total. The number of para-hydroxylation sites is 2. The quantitative estimate of drug-likeness (QED) is 0.374. The second-order valence-electron chi connectivity index (χ2n) is 8.49. The molecule has 4 aromatic rings. The van der Waals surface area contributed by atoms with Crippen molar-refractivity contribution >= 4 is 28.7 Å². The Morgan fingerprint density at radius 2 is 1.72 bits per heavy atom. The molecule has 5 rings (SSSR count). The molecular formula is C29H21FN4O5. The zero-order chi connectivity index (χ0) is 27.7. The molecule has 0 aliphatic carbocycles. The summed E-state index contributed by atoms with van der Waals surface area (Å²) < 4.78 is 30.9. The average molecular weight is 525 g/mol. The fourth-order valence-electron chi connectivity index (χ4n) is 4.59. The maximum Gasteiger partial charge on any atom is 0.355 e. The lowest BCUT2D eigenvalue weighted by atomic mass is 9.81. The van der Waals surface area contributed by atoms with Gasteiger partial charge >= 0.3 is 11.9 Å². The van der Waals surface area contributed by atoms with Crippen molar-refractivity contribution in [2.24, 2.45) is 5.73 Å². The van der Waals surface area contributed by atoms with E-state index in [-0.39, 0.29) is 39.8 Å². The van der Waals surface area contributed by atoms with Crippen molar-refractivity contribution in [3.05, 3.63) is 107 Å². The van der Waals surface area contributed by atoms with Gasteiger partial charge in [-0.3, -0.25) is 4.90 Å². The molecule has 0 amide bonds. The van der Waals surface area contributed by atoms with Gasteiger partial charge in [0.1, 0.15) is 22.9 Å². The van der Waals surface area contributed by atoms with Crippen molar-refractivity contribution in [2.75, 3.05) is 19.1 Å². The molecular weight excluding hydrogens is 503 g/mol. The number of oxazole rings is 1. The first-order valence-corrected chi connectivity index (χ1v) is 11.7. The molecule has 1 aliphatic heterocycles. The number of nitriles is 1. The molecule has 194 valence electrons. The lowest BCUT2D eigenvalue weighted by Crippen LogP contribution is -2.40. The number of nitrogens with two attached hydrogens (primary N) is 1. The van der Waals surface area contributed by atoms with Crippen molar-refractivity contribution in [3.8, 4) is 17.5 Å². The van der Waals surface area contributed by atoms with E-state index >= 15 is 4.39 Å². The molecule has 0 fully saturated rings. The molecule has 9 nitrogen and oxygen atoms in total. The van der Waals surface area contributed by atoms with Gasteiger partial charge in [-0.25, -0.2) is 19.0 Å². The maximum atomic E-state index is 15.1. The van der Waals surface area contributed by atoms with E-state index in [4.69, 9.17) is 19.6 Å². The first-order chi connectivity index (χ1) is 18.9. The molecule has 1 aliphatic rings. The third kappa shape index (κ3) is 4.26. The average Bonchev–Trinajstić information content (AvgIpc) is 3.40. The van der Waals surface area contributed by atoms with Gasteiger partial charge < -0.3 is 19.6 Å². The van der Waals surface area contributed by atoms with Crippen molar-refractivity contribution in [1.82, 2.24) is 4.98 Å². The van der Waals surface area contributed by atoms with Crippen molar-refractivity contribution in [1.29, 1.82) is 5.26 Å². The Balaban J connectivity index is 1.78. The van der Waals surface area contributed by atoms with Crippen LogP contribution >= 0.6 is 0 Å². The van der Waals surface area contributed by atoms with Crippen LogP contribution in [0.1, 0.15) is 11.5 Å². The second-order valence-corrected chi connectivity index (χ2v) is 8.49. The maximum absolute atomic E-state index is 15.1. The Morgan fingerprint density at radius 3 is 2.38 bits per heavy atom. The summed E-state index contributed by atoms with van der Waals surface area (Å²) in [4.78, 5) is 32.0. The SMILES string of the molecule is COC(=O)C1=C(C(=O)OC)N(c2ccc(F)c(-c3nc4ccccc4o3)c2)C(N)=C(C#N)C1c1ccccc1. The van der Waals surface area contributed by atoms with Gasteiger partial charge in [0.25, 0.3) is 0 Å². The third-order valence-corrected chi connectivity index (χ3v) is 6.34. The lowest BCUT2D eigenvalue weighted by Gasteiger charge is -2.36. The van der Waals surface area contributed by atoms with Crippen LogP contribution in [-0.4, -0.2) is 31.1 Å². The highest BCUT2D eigenvalue weighted by atomic mass is 19.1. The molecule has 0 bridgehead atoms. The first-order valence-electron chi connectivity index (χ1n) is 11.7. The molecule has 1 unspecified atom stereocenters. The van der Waals surface area contributed by atoms with Gasteiger partial charge in [0.15, 0.2) is 5.58 Å². The Hall–Kier alpha value is -5.43. The van der Waals surface area contributed by atoms with E-state index in [0.29, 0.717) is 16.7 Å². The summed E-state index contributed by atoms with van der Waals surface area (Å²) in [5.41, 5.74) is 7.73. The smallest absolute Gasteiger partial charge is 0.355 e. The van der Waals surface area contributed by atoms with E-state index in [2.05, 4.69) is 11.1 Å². The monoisotopic (exact) mass is 524 g/mol. The largest absolute Gasteiger partial charge is 0.466 e. The minimum absolute atomic E-state index is 0.00503. The van der Waals surface area contributed by atoms with Crippen LogP contribution in [0, 0.1) is 17.1 Å². The van der Waals surface area contributed by atoms with Crippen LogP contribution in [0.25, 0.3) is 22.6 Å². The van der Waals surface area contributed by atoms with E-state index in [1.807, 2.05) is 0 Å². The number of esters is 2. The zero-order valence-electron chi connectivity index (χ0n) is 20.8. The minimum atomic E-state index is -1.02. The van der Waals surface area contributed by atoms with Crippen LogP contribution < -0.4 is 10.6 Å². The topological polar surface area (TPSA) is 132 Å². The number of benzene rings is 3. The summed E-state index contributed by atoms with van der Waals surface area (Å²) in [5.74, 6) is -3.60. The van der Waals surface area contributed by atoms with Crippen LogP contribution in [0.5, 0.6) is 0 Å². The van der Waals surface area contributed by atoms with E-state index in [9.17, 15) is 14.9 Å². The summed E-state index contributed by atoms with van der Waals surface area (Å²) in [6.07, 6.45) is 0. The standard InChI is InChI=1S/C29H21FN4O5/c1-37-28(35)24-23(16-8-4-3-5-9-16)19(15-31)26(32)34(25(24)29(36)38-2)17-12-13-20(30)18(14-17)27-33-21-10-6-7-11-22(21)39-27/h3-14,23H,32H2,1-2H3. The number of carbonyl (C=O) groups is 2. The van der Waals surface area contributed by atoms with Gasteiger partial charge in [-0.15, -0.1) is 0 Å². The molecule has 39 heavy (non-hydrogen) atoms. The number of rotatable bonds is 5. The molecule has 2 heterocycles. The lowest BCUT2D eigenvalue weighted by molar-refractivity contribution is -0.139. The van der Waals surface area contributed by atoms with Gasteiger partial charge in [0, 0.05) is 5.69 Å². The number of aromatic nitrogens is 1. The van der Waals surface area contributed by atoms with Crippen LogP contribution in [0.15, 0.2) is 99.9 Å².